The molecule has 25 heavy (non-hydrogen) atoms. The molecule has 0 aliphatic heterocycles. The third-order valence-electron chi connectivity index (χ3n) is 4.18. The van der Waals surface area contributed by atoms with Gasteiger partial charge < -0.3 is 5.73 Å². The summed E-state index contributed by atoms with van der Waals surface area (Å²) in [6, 6.07) is 17.7. The molecule has 4 nitrogen and oxygen atoms in total. The summed E-state index contributed by atoms with van der Waals surface area (Å²) in [4.78, 5) is 4.07. The fourth-order valence-corrected chi connectivity index (χ4v) is 3.28. The van der Waals surface area contributed by atoms with Gasteiger partial charge in [0.2, 0.25) is 0 Å². The van der Waals surface area contributed by atoms with Gasteiger partial charge in [0, 0.05) is 40.2 Å². The standard InChI is InChI=1S/C20H15ClN4/c21-16-7-6-15-19(18(16)14-4-2-1-3-5-14)17(24-25-20(15)22)12-13-8-10-23-11-9-13/h1-11H,12H2,(H2,22,25). The SMILES string of the molecule is Nc1nnc(Cc2ccncc2)c2c(-c3ccccc3)c(Cl)ccc12. The Bertz CT molecular complexity index is 1030. The van der Waals surface area contributed by atoms with Gasteiger partial charge in [-0.25, -0.2) is 0 Å². The van der Waals surface area contributed by atoms with E-state index in [1.54, 1.807) is 12.4 Å². The molecule has 0 fully saturated rings. The lowest BCUT2D eigenvalue weighted by atomic mass is 9.95. The molecule has 0 amide bonds. The average molecular weight is 347 g/mol. The molecule has 2 heterocycles. The number of pyridine rings is 1. The van der Waals surface area contributed by atoms with Crippen LogP contribution in [0.3, 0.4) is 0 Å². The maximum atomic E-state index is 6.57. The Balaban J connectivity index is 2.01. The van der Waals surface area contributed by atoms with Crippen LogP contribution in [-0.4, -0.2) is 15.2 Å². The van der Waals surface area contributed by atoms with Crippen molar-refractivity contribution in [2.45, 2.75) is 6.42 Å². The molecule has 122 valence electrons. The zero-order valence-electron chi connectivity index (χ0n) is 13.4. The zero-order chi connectivity index (χ0) is 17.2. The van der Waals surface area contributed by atoms with Gasteiger partial charge in [-0.05, 0) is 35.4 Å². The van der Waals surface area contributed by atoms with Crippen molar-refractivity contribution in [3.8, 4) is 11.1 Å². The number of benzene rings is 2. The molecule has 0 aliphatic carbocycles. The van der Waals surface area contributed by atoms with Gasteiger partial charge in [0.05, 0.1) is 5.69 Å². The van der Waals surface area contributed by atoms with Crippen molar-refractivity contribution in [1.29, 1.82) is 0 Å². The van der Waals surface area contributed by atoms with Crippen LogP contribution in [0, 0.1) is 0 Å². The van der Waals surface area contributed by atoms with E-state index in [0.29, 0.717) is 17.3 Å². The first kappa shape index (κ1) is 15.5. The van der Waals surface area contributed by atoms with E-state index in [-0.39, 0.29) is 0 Å². The van der Waals surface area contributed by atoms with Crippen LogP contribution in [0.1, 0.15) is 11.3 Å². The molecule has 2 aromatic heterocycles. The van der Waals surface area contributed by atoms with E-state index in [4.69, 9.17) is 17.3 Å². The monoisotopic (exact) mass is 346 g/mol. The van der Waals surface area contributed by atoms with Crippen molar-refractivity contribution in [1.82, 2.24) is 15.2 Å². The highest BCUT2D eigenvalue weighted by atomic mass is 35.5. The van der Waals surface area contributed by atoms with E-state index in [1.807, 2.05) is 54.6 Å². The molecule has 0 bridgehead atoms. The Kier molecular flexibility index (Phi) is 4.04. The van der Waals surface area contributed by atoms with Gasteiger partial charge in [-0.15, -0.1) is 5.10 Å². The first-order chi connectivity index (χ1) is 12.2. The smallest absolute Gasteiger partial charge is 0.154 e. The second-order valence-corrected chi connectivity index (χ2v) is 6.18. The summed E-state index contributed by atoms with van der Waals surface area (Å²) >= 11 is 6.57. The van der Waals surface area contributed by atoms with Crippen LogP contribution in [0.5, 0.6) is 0 Å². The molecule has 4 rings (SSSR count). The van der Waals surface area contributed by atoms with Gasteiger partial charge in [-0.2, -0.15) is 5.10 Å². The molecule has 2 N–H and O–H groups in total. The Morgan fingerprint density at radius 2 is 1.64 bits per heavy atom. The summed E-state index contributed by atoms with van der Waals surface area (Å²) < 4.78 is 0. The van der Waals surface area contributed by atoms with E-state index >= 15 is 0 Å². The first-order valence-electron chi connectivity index (χ1n) is 7.91. The van der Waals surface area contributed by atoms with Crippen molar-refractivity contribution in [3.05, 3.63) is 83.3 Å². The number of aromatic nitrogens is 3. The Morgan fingerprint density at radius 1 is 0.880 bits per heavy atom. The molecule has 0 saturated carbocycles. The van der Waals surface area contributed by atoms with Crippen molar-refractivity contribution < 1.29 is 0 Å². The number of anilines is 1. The van der Waals surface area contributed by atoms with Gasteiger partial charge >= 0.3 is 0 Å². The number of fused-ring (bicyclic) bond motifs is 1. The molecule has 0 saturated heterocycles. The normalized spacial score (nSPS) is 10.9. The largest absolute Gasteiger partial charge is 0.382 e. The van der Waals surface area contributed by atoms with E-state index in [0.717, 1.165) is 33.2 Å². The molecule has 0 atom stereocenters. The highest BCUT2D eigenvalue weighted by Gasteiger charge is 2.16. The minimum absolute atomic E-state index is 0.405. The number of nitrogen functional groups attached to an aromatic ring is 1. The lowest BCUT2D eigenvalue weighted by Crippen LogP contribution is -2.03. The summed E-state index contributed by atoms with van der Waals surface area (Å²) in [7, 11) is 0. The second kappa shape index (κ2) is 6.49. The van der Waals surface area contributed by atoms with Crippen LogP contribution in [0.25, 0.3) is 21.9 Å². The maximum absolute atomic E-state index is 6.57. The molecular weight excluding hydrogens is 332 g/mol. The van der Waals surface area contributed by atoms with Crippen molar-refractivity contribution in [2.75, 3.05) is 5.73 Å². The maximum Gasteiger partial charge on any atom is 0.154 e. The summed E-state index contributed by atoms with van der Waals surface area (Å²) in [6.45, 7) is 0. The predicted molar refractivity (Wildman–Crippen MR) is 101 cm³/mol. The molecule has 4 aromatic rings. The van der Waals surface area contributed by atoms with Gasteiger partial charge in [-0.3, -0.25) is 4.98 Å². The van der Waals surface area contributed by atoms with Crippen molar-refractivity contribution in [3.63, 3.8) is 0 Å². The molecule has 0 spiro atoms. The Morgan fingerprint density at radius 3 is 2.40 bits per heavy atom. The number of nitrogens with two attached hydrogens (primary N) is 1. The van der Waals surface area contributed by atoms with Crippen LogP contribution in [0.15, 0.2) is 67.0 Å². The lowest BCUT2D eigenvalue weighted by molar-refractivity contribution is 0.963. The Hall–Kier alpha value is -2.98. The third kappa shape index (κ3) is 2.92. The van der Waals surface area contributed by atoms with Gasteiger partial charge in [0.15, 0.2) is 5.82 Å². The average Bonchev–Trinajstić information content (AvgIpc) is 2.65. The molecule has 0 unspecified atom stereocenters. The number of halogens is 1. The lowest BCUT2D eigenvalue weighted by Gasteiger charge is -2.14. The molecular formula is C20H15ClN4. The molecule has 0 aliphatic rings. The van der Waals surface area contributed by atoms with Crippen LogP contribution in [-0.2, 0) is 6.42 Å². The number of rotatable bonds is 3. The molecule has 5 heteroatoms. The minimum atomic E-state index is 0.405. The number of hydrogen-bond donors (Lipinski definition) is 1. The quantitative estimate of drug-likeness (QED) is 0.592. The summed E-state index contributed by atoms with van der Waals surface area (Å²) in [6.07, 6.45) is 4.17. The van der Waals surface area contributed by atoms with Crippen molar-refractivity contribution >= 4 is 28.2 Å². The van der Waals surface area contributed by atoms with Crippen LogP contribution >= 0.6 is 11.6 Å². The van der Waals surface area contributed by atoms with Gasteiger partial charge in [-0.1, -0.05) is 41.9 Å². The fourth-order valence-electron chi connectivity index (χ4n) is 3.01. The molecule has 0 radical (unpaired) electrons. The minimum Gasteiger partial charge on any atom is -0.382 e. The van der Waals surface area contributed by atoms with Gasteiger partial charge in [0.1, 0.15) is 0 Å². The van der Waals surface area contributed by atoms with E-state index in [1.165, 1.54) is 0 Å². The Labute approximate surface area is 150 Å². The highest BCUT2D eigenvalue weighted by Crippen LogP contribution is 2.38. The number of nitrogens with zero attached hydrogens (tertiary/aromatic N) is 3. The zero-order valence-corrected chi connectivity index (χ0v) is 14.1. The van der Waals surface area contributed by atoms with Crippen LogP contribution in [0.2, 0.25) is 5.02 Å². The second-order valence-electron chi connectivity index (χ2n) is 5.78. The van der Waals surface area contributed by atoms with Gasteiger partial charge in [0.25, 0.3) is 0 Å². The summed E-state index contributed by atoms with van der Waals surface area (Å²) in [5.41, 5.74) is 10.0. The number of hydrogen-bond acceptors (Lipinski definition) is 4. The fraction of sp³-hybridized carbons (Fsp3) is 0.0500. The van der Waals surface area contributed by atoms with Crippen LogP contribution < -0.4 is 5.73 Å². The summed E-state index contributed by atoms with van der Waals surface area (Å²) in [5.74, 6) is 0.405. The third-order valence-corrected chi connectivity index (χ3v) is 4.50. The predicted octanol–water partition coefficient (Wildman–Crippen LogP) is 4.52. The summed E-state index contributed by atoms with van der Waals surface area (Å²) in [5, 5.41) is 11.0. The highest BCUT2D eigenvalue weighted by molar-refractivity contribution is 6.35. The van der Waals surface area contributed by atoms with E-state index in [2.05, 4.69) is 15.2 Å². The topological polar surface area (TPSA) is 64.7 Å². The van der Waals surface area contributed by atoms with E-state index < -0.39 is 0 Å². The molecule has 2 aromatic carbocycles. The van der Waals surface area contributed by atoms with E-state index in [9.17, 15) is 0 Å². The van der Waals surface area contributed by atoms with Crippen LogP contribution in [0.4, 0.5) is 5.82 Å². The van der Waals surface area contributed by atoms with Crippen molar-refractivity contribution in [2.24, 2.45) is 0 Å². The first-order valence-corrected chi connectivity index (χ1v) is 8.29.